The van der Waals surface area contributed by atoms with Gasteiger partial charge in [0, 0.05) is 5.75 Å². The summed E-state index contributed by atoms with van der Waals surface area (Å²) in [4.78, 5) is 0. The maximum absolute atomic E-state index is 5.15. The van der Waals surface area contributed by atoms with Crippen LogP contribution >= 0.6 is 11.8 Å². The zero-order valence-corrected chi connectivity index (χ0v) is 9.03. The van der Waals surface area contributed by atoms with Crippen LogP contribution in [0, 0.1) is 5.92 Å². The highest BCUT2D eigenvalue weighted by molar-refractivity contribution is 7.99. The minimum atomic E-state index is 0.605. The van der Waals surface area contributed by atoms with E-state index in [0.29, 0.717) is 6.10 Å². The van der Waals surface area contributed by atoms with Crippen molar-refractivity contribution in [2.45, 2.75) is 39.2 Å². The van der Waals surface area contributed by atoms with E-state index in [1.807, 2.05) is 0 Å². The third-order valence-electron chi connectivity index (χ3n) is 2.16. The molecule has 1 fully saturated rings. The first-order valence-corrected chi connectivity index (χ1v) is 6.17. The lowest BCUT2D eigenvalue weighted by molar-refractivity contribution is 0.426. The smallest absolute Gasteiger partial charge is 0.0900 e. The number of unbranched alkanes of at least 4 members (excludes halogenated alkanes) is 1. The van der Waals surface area contributed by atoms with Crippen LogP contribution in [0.2, 0.25) is 0 Å². The fourth-order valence-electron chi connectivity index (χ4n) is 1.20. The summed E-state index contributed by atoms with van der Waals surface area (Å²) in [5.74, 6) is 3.43. The Morgan fingerprint density at radius 1 is 1.58 bits per heavy atom. The molecule has 0 radical (unpaired) electrons. The summed E-state index contributed by atoms with van der Waals surface area (Å²) in [5, 5.41) is 0. The molecule has 0 bridgehead atoms. The van der Waals surface area contributed by atoms with E-state index in [4.69, 9.17) is 4.74 Å². The largest absolute Gasteiger partial charge is 0.372 e. The van der Waals surface area contributed by atoms with Crippen molar-refractivity contribution in [3.63, 3.8) is 0 Å². The van der Waals surface area contributed by atoms with Crippen LogP contribution in [0.1, 0.15) is 33.1 Å². The molecule has 72 valence electrons. The van der Waals surface area contributed by atoms with Crippen LogP contribution in [0.3, 0.4) is 0 Å². The van der Waals surface area contributed by atoms with Gasteiger partial charge in [0.25, 0.3) is 0 Å². The van der Waals surface area contributed by atoms with Gasteiger partial charge in [-0.2, -0.15) is 11.8 Å². The summed E-state index contributed by atoms with van der Waals surface area (Å²) in [5.41, 5.74) is 0. The van der Waals surface area contributed by atoms with Gasteiger partial charge < -0.3 is 4.74 Å². The van der Waals surface area contributed by atoms with Crippen molar-refractivity contribution in [2.75, 3.05) is 18.1 Å². The molecule has 0 aromatic carbocycles. The van der Waals surface area contributed by atoms with Gasteiger partial charge in [-0.15, -0.1) is 0 Å². The molecule has 2 unspecified atom stereocenters. The van der Waals surface area contributed by atoms with Crippen LogP contribution in [-0.2, 0) is 4.74 Å². The minimum absolute atomic E-state index is 0.605. The Kier molecular flexibility index (Phi) is 5.08. The maximum atomic E-state index is 5.15. The highest BCUT2D eigenvalue weighted by atomic mass is 32.2. The van der Waals surface area contributed by atoms with Crippen molar-refractivity contribution in [2.24, 2.45) is 5.92 Å². The molecule has 0 amide bonds. The Hall–Kier alpha value is 0.310. The SMILES string of the molecule is CCCCC(C)CSCC1CO1. The third kappa shape index (κ3) is 5.04. The first-order valence-electron chi connectivity index (χ1n) is 5.02. The van der Waals surface area contributed by atoms with E-state index in [1.54, 1.807) is 0 Å². The highest BCUT2D eigenvalue weighted by Crippen LogP contribution is 2.20. The Bertz CT molecular complexity index is 112. The van der Waals surface area contributed by atoms with Crippen molar-refractivity contribution >= 4 is 11.8 Å². The van der Waals surface area contributed by atoms with Gasteiger partial charge in [0.05, 0.1) is 12.7 Å². The first kappa shape index (κ1) is 10.4. The van der Waals surface area contributed by atoms with Crippen molar-refractivity contribution in [3.05, 3.63) is 0 Å². The quantitative estimate of drug-likeness (QED) is 0.570. The standard InChI is InChI=1S/C10H20OS/c1-3-4-5-9(2)7-12-8-10-6-11-10/h9-10H,3-8H2,1-2H3. The molecule has 0 spiro atoms. The number of epoxide rings is 1. The fourth-order valence-corrected chi connectivity index (χ4v) is 2.36. The van der Waals surface area contributed by atoms with Crippen molar-refractivity contribution in [1.29, 1.82) is 0 Å². The molecule has 1 saturated heterocycles. The van der Waals surface area contributed by atoms with Gasteiger partial charge in [-0.05, 0) is 18.1 Å². The Labute approximate surface area is 80.3 Å². The average Bonchev–Trinajstić information content (AvgIpc) is 2.84. The molecule has 1 aliphatic heterocycles. The summed E-state index contributed by atoms with van der Waals surface area (Å²) < 4.78 is 5.15. The van der Waals surface area contributed by atoms with Crippen molar-refractivity contribution in [1.82, 2.24) is 0 Å². The van der Waals surface area contributed by atoms with E-state index >= 15 is 0 Å². The van der Waals surface area contributed by atoms with Gasteiger partial charge in [-0.3, -0.25) is 0 Å². The second-order valence-electron chi connectivity index (χ2n) is 3.74. The lowest BCUT2D eigenvalue weighted by Crippen LogP contribution is -2.00. The van der Waals surface area contributed by atoms with Crippen molar-refractivity contribution < 1.29 is 4.74 Å². The van der Waals surface area contributed by atoms with Crippen LogP contribution in [0.25, 0.3) is 0 Å². The molecule has 0 saturated carbocycles. The van der Waals surface area contributed by atoms with Crippen LogP contribution in [0.5, 0.6) is 0 Å². The molecule has 0 N–H and O–H groups in total. The molecule has 1 rings (SSSR count). The van der Waals surface area contributed by atoms with Gasteiger partial charge in [0.2, 0.25) is 0 Å². The lowest BCUT2D eigenvalue weighted by Gasteiger charge is -2.08. The molecule has 2 atom stereocenters. The summed E-state index contributed by atoms with van der Waals surface area (Å²) in [6, 6.07) is 0. The monoisotopic (exact) mass is 188 g/mol. The van der Waals surface area contributed by atoms with Crippen LogP contribution in [-0.4, -0.2) is 24.2 Å². The van der Waals surface area contributed by atoms with Gasteiger partial charge >= 0.3 is 0 Å². The van der Waals surface area contributed by atoms with Gasteiger partial charge in [-0.1, -0.05) is 26.7 Å². The molecule has 12 heavy (non-hydrogen) atoms. The second-order valence-corrected chi connectivity index (χ2v) is 4.82. The summed E-state index contributed by atoms with van der Waals surface area (Å²) in [6.45, 7) is 5.63. The predicted molar refractivity (Wildman–Crippen MR) is 55.8 cm³/mol. The van der Waals surface area contributed by atoms with Gasteiger partial charge in [0.1, 0.15) is 0 Å². The number of thioether (sulfide) groups is 1. The number of hydrogen-bond donors (Lipinski definition) is 0. The summed E-state index contributed by atoms with van der Waals surface area (Å²) in [6.07, 6.45) is 4.73. The number of rotatable bonds is 7. The van der Waals surface area contributed by atoms with Gasteiger partial charge in [0.15, 0.2) is 0 Å². The molecule has 2 heteroatoms. The van der Waals surface area contributed by atoms with E-state index in [1.165, 1.54) is 30.8 Å². The summed E-state index contributed by atoms with van der Waals surface area (Å²) in [7, 11) is 0. The molecule has 1 nitrogen and oxygen atoms in total. The van der Waals surface area contributed by atoms with Crippen LogP contribution in [0.15, 0.2) is 0 Å². The van der Waals surface area contributed by atoms with E-state index in [-0.39, 0.29) is 0 Å². The molecule has 0 aromatic heterocycles. The molecule has 0 aliphatic carbocycles. The van der Waals surface area contributed by atoms with E-state index in [2.05, 4.69) is 25.6 Å². The minimum Gasteiger partial charge on any atom is -0.372 e. The van der Waals surface area contributed by atoms with Crippen molar-refractivity contribution in [3.8, 4) is 0 Å². The zero-order chi connectivity index (χ0) is 8.81. The van der Waals surface area contributed by atoms with E-state index in [0.717, 1.165) is 12.5 Å². The fraction of sp³-hybridized carbons (Fsp3) is 1.00. The number of ether oxygens (including phenoxy) is 1. The predicted octanol–water partition coefficient (Wildman–Crippen LogP) is 2.94. The molecular weight excluding hydrogens is 168 g/mol. The lowest BCUT2D eigenvalue weighted by atomic mass is 10.1. The Morgan fingerprint density at radius 2 is 2.33 bits per heavy atom. The molecule has 1 aliphatic rings. The number of hydrogen-bond acceptors (Lipinski definition) is 2. The van der Waals surface area contributed by atoms with E-state index < -0.39 is 0 Å². The first-order chi connectivity index (χ1) is 5.83. The zero-order valence-electron chi connectivity index (χ0n) is 8.21. The molecule has 1 heterocycles. The van der Waals surface area contributed by atoms with E-state index in [9.17, 15) is 0 Å². The van der Waals surface area contributed by atoms with Crippen LogP contribution in [0.4, 0.5) is 0 Å². The normalized spacial score (nSPS) is 24.0. The van der Waals surface area contributed by atoms with Gasteiger partial charge in [-0.25, -0.2) is 0 Å². The topological polar surface area (TPSA) is 12.5 Å². The average molecular weight is 188 g/mol. The maximum Gasteiger partial charge on any atom is 0.0900 e. The third-order valence-corrected chi connectivity index (χ3v) is 3.57. The highest BCUT2D eigenvalue weighted by Gasteiger charge is 2.21. The Morgan fingerprint density at radius 3 is 2.92 bits per heavy atom. The molecule has 0 aromatic rings. The van der Waals surface area contributed by atoms with Crippen LogP contribution < -0.4 is 0 Å². The summed E-state index contributed by atoms with van der Waals surface area (Å²) >= 11 is 2.06. The molecular formula is C10H20OS. The second kappa shape index (κ2) is 5.87. The Balaban J connectivity index is 1.83.